The summed E-state index contributed by atoms with van der Waals surface area (Å²) in [5.41, 5.74) is 1.64. The van der Waals surface area contributed by atoms with Gasteiger partial charge in [-0.15, -0.1) is 0 Å². The normalized spacial score (nSPS) is 15.6. The maximum atomic E-state index is 12.6. The van der Waals surface area contributed by atoms with Gasteiger partial charge in [-0.1, -0.05) is 25.1 Å². The maximum Gasteiger partial charge on any atom is 0.238 e. The van der Waals surface area contributed by atoms with E-state index in [2.05, 4.69) is 15.2 Å². The van der Waals surface area contributed by atoms with Crippen LogP contribution in [0.2, 0.25) is 0 Å². The third-order valence-corrected chi connectivity index (χ3v) is 4.76. The number of ether oxygens (including phenoxy) is 2. The SMILES string of the molecule is CCN(CC(=O)Nc1cccc2ncccc12)C[C@H]1COc2ccccc2O1. The molecule has 3 aromatic rings. The lowest BCUT2D eigenvalue weighted by atomic mass is 10.2. The molecule has 1 aliphatic heterocycles. The van der Waals surface area contributed by atoms with Crippen molar-refractivity contribution in [3.63, 3.8) is 0 Å². The first-order valence-electron chi connectivity index (χ1n) is 9.47. The number of para-hydroxylation sites is 2. The zero-order valence-corrected chi connectivity index (χ0v) is 15.8. The summed E-state index contributed by atoms with van der Waals surface area (Å²) in [6.07, 6.45) is 1.64. The monoisotopic (exact) mass is 377 g/mol. The number of anilines is 1. The third-order valence-electron chi connectivity index (χ3n) is 4.76. The molecule has 1 aliphatic rings. The van der Waals surface area contributed by atoms with Gasteiger partial charge in [0.25, 0.3) is 0 Å². The van der Waals surface area contributed by atoms with E-state index in [-0.39, 0.29) is 18.6 Å². The number of pyridine rings is 1. The van der Waals surface area contributed by atoms with Crippen molar-refractivity contribution in [2.24, 2.45) is 0 Å². The van der Waals surface area contributed by atoms with E-state index in [1.165, 1.54) is 0 Å². The summed E-state index contributed by atoms with van der Waals surface area (Å²) in [4.78, 5) is 19.0. The van der Waals surface area contributed by atoms with E-state index >= 15 is 0 Å². The molecular weight excluding hydrogens is 354 g/mol. The van der Waals surface area contributed by atoms with Crippen LogP contribution in [0.1, 0.15) is 6.92 Å². The molecule has 1 amide bonds. The Hall–Kier alpha value is -3.12. The van der Waals surface area contributed by atoms with Gasteiger partial charge in [0.1, 0.15) is 12.7 Å². The molecular formula is C22H23N3O3. The number of carbonyl (C=O) groups is 1. The molecule has 4 rings (SSSR count). The summed E-state index contributed by atoms with van der Waals surface area (Å²) in [5, 5.41) is 3.94. The lowest BCUT2D eigenvalue weighted by molar-refractivity contribution is -0.117. The first kappa shape index (κ1) is 18.3. The van der Waals surface area contributed by atoms with Crippen molar-refractivity contribution in [2.45, 2.75) is 13.0 Å². The van der Waals surface area contributed by atoms with E-state index in [1.54, 1.807) is 6.20 Å². The molecule has 2 heterocycles. The average Bonchev–Trinajstić information content (AvgIpc) is 2.73. The van der Waals surface area contributed by atoms with Crippen LogP contribution in [-0.4, -0.2) is 48.1 Å². The predicted octanol–water partition coefficient (Wildman–Crippen LogP) is 3.34. The zero-order valence-electron chi connectivity index (χ0n) is 15.8. The minimum Gasteiger partial charge on any atom is -0.486 e. The van der Waals surface area contributed by atoms with Crippen LogP contribution in [0.4, 0.5) is 5.69 Å². The van der Waals surface area contributed by atoms with Gasteiger partial charge in [0.2, 0.25) is 5.91 Å². The van der Waals surface area contributed by atoms with Crippen LogP contribution in [0.15, 0.2) is 60.8 Å². The minimum atomic E-state index is -0.107. The van der Waals surface area contributed by atoms with E-state index in [9.17, 15) is 4.79 Å². The molecule has 6 nitrogen and oxygen atoms in total. The number of benzene rings is 2. The largest absolute Gasteiger partial charge is 0.486 e. The van der Waals surface area contributed by atoms with Crippen LogP contribution < -0.4 is 14.8 Å². The van der Waals surface area contributed by atoms with Crippen LogP contribution >= 0.6 is 0 Å². The van der Waals surface area contributed by atoms with Crippen molar-refractivity contribution in [3.05, 3.63) is 60.8 Å². The summed E-state index contributed by atoms with van der Waals surface area (Å²) in [6, 6.07) is 17.2. The minimum absolute atomic E-state index is 0.0599. The Morgan fingerprint density at radius 2 is 2.00 bits per heavy atom. The summed E-state index contributed by atoms with van der Waals surface area (Å²) in [7, 11) is 0. The van der Waals surface area contributed by atoms with Crippen molar-refractivity contribution in [1.29, 1.82) is 0 Å². The quantitative estimate of drug-likeness (QED) is 0.714. The summed E-state index contributed by atoms with van der Waals surface area (Å²) in [5.74, 6) is 1.46. The summed E-state index contributed by atoms with van der Waals surface area (Å²) < 4.78 is 11.8. The van der Waals surface area contributed by atoms with E-state index in [1.807, 2.05) is 61.5 Å². The van der Waals surface area contributed by atoms with Gasteiger partial charge in [0.15, 0.2) is 11.5 Å². The Morgan fingerprint density at radius 3 is 2.86 bits per heavy atom. The predicted molar refractivity (Wildman–Crippen MR) is 109 cm³/mol. The van der Waals surface area contributed by atoms with Crippen LogP contribution in [0.5, 0.6) is 11.5 Å². The van der Waals surface area contributed by atoms with Crippen LogP contribution in [0.25, 0.3) is 10.9 Å². The lowest BCUT2D eigenvalue weighted by Gasteiger charge is -2.30. The molecule has 0 saturated heterocycles. The molecule has 144 valence electrons. The highest BCUT2D eigenvalue weighted by molar-refractivity contribution is 6.01. The lowest BCUT2D eigenvalue weighted by Crippen LogP contribution is -2.43. The Balaban J connectivity index is 1.38. The smallest absolute Gasteiger partial charge is 0.238 e. The average molecular weight is 377 g/mol. The first-order valence-corrected chi connectivity index (χ1v) is 9.47. The van der Waals surface area contributed by atoms with E-state index in [0.717, 1.165) is 34.6 Å². The molecule has 1 N–H and O–H groups in total. The van der Waals surface area contributed by atoms with E-state index < -0.39 is 0 Å². The molecule has 0 aliphatic carbocycles. The molecule has 0 radical (unpaired) electrons. The van der Waals surface area contributed by atoms with E-state index in [4.69, 9.17) is 9.47 Å². The second-order valence-electron chi connectivity index (χ2n) is 6.75. The van der Waals surface area contributed by atoms with Crippen molar-refractivity contribution in [1.82, 2.24) is 9.88 Å². The van der Waals surface area contributed by atoms with Gasteiger partial charge in [-0.2, -0.15) is 0 Å². The van der Waals surface area contributed by atoms with Gasteiger partial charge < -0.3 is 14.8 Å². The fourth-order valence-electron chi connectivity index (χ4n) is 3.35. The van der Waals surface area contributed by atoms with Gasteiger partial charge in [0.05, 0.1) is 17.7 Å². The maximum absolute atomic E-state index is 12.6. The molecule has 0 spiro atoms. The number of carbonyl (C=O) groups excluding carboxylic acids is 1. The van der Waals surface area contributed by atoms with Gasteiger partial charge in [-0.05, 0) is 42.9 Å². The molecule has 0 bridgehead atoms. The van der Waals surface area contributed by atoms with Crippen molar-refractivity contribution in [2.75, 3.05) is 31.6 Å². The fraction of sp³-hybridized carbons (Fsp3) is 0.273. The Labute approximate surface area is 164 Å². The number of rotatable bonds is 6. The van der Waals surface area contributed by atoms with Crippen molar-refractivity contribution in [3.8, 4) is 11.5 Å². The van der Waals surface area contributed by atoms with Crippen LogP contribution in [-0.2, 0) is 4.79 Å². The Kier molecular flexibility index (Phi) is 5.39. The summed E-state index contributed by atoms with van der Waals surface area (Å²) in [6.45, 7) is 4.16. The Bertz CT molecular complexity index is 971. The molecule has 28 heavy (non-hydrogen) atoms. The highest BCUT2D eigenvalue weighted by atomic mass is 16.6. The first-order chi connectivity index (χ1) is 13.7. The second kappa shape index (κ2) is 8.27. The molecule has 1 aromatic heterocycles. The van der Waals surface area contributed by atoms with Gasteiger partial charge in [-0.3, -0.25) is 14.7 Å². The molecule has 0 fully saturated rings. The van der Waals surface area contributed by atoms with Crippen LogP contribution in [0.3, 0.4) is 0 Å². The highest BCUT2D eigenvalue weighted by Crippen LogP contribution is 2.31. The van der Waals surface area contributed by atoms with Crippen LogP contribution in [0, 0.1) is 0 Å². The number of nitrogens with zero attached hydrogens (tertiary/aromatic N) is 2. The third kappa shape index (κ3) is 4.07. The molecule has 2 aromatic carbocycles. The number of aromatic nitrogens is 1. The molecule has 0 unspecified atom stereocenters. The van der Waals surface area contributed by atoms with Crippen molar-refractivity contribution < 1.29 is 14.3 Å². The second-order valence-corrected chi connectivity index (χ2v) is 6.75. The van der Waals surface area contributed by atoms with Crippen molar-refractivity contribution >= 4 is 22.5 Å². The molecule has 1 atom stereocenters. The number of likely N-dealkylation sites (N-methyl/N-ethyl adjacent to an activating group) is 1. The summed E-state index contributed by atoms with van der Waals surface area (Å²) >= 11 is 0. The highest BCUT2D eigenvalue weighted by Gasteiger charge is 2.23. The number of fused-ring (bicyclic) bond motifs is 2. The number of hydrogen-bond acceptors (Lipinski definition) is 5. The fourth-order valence-corrected chi connectivity index (χ4v) is 3.35. The van der Waals surface area contributed by atoms with E-state index in [0.29, 0.717) is 13.2 Å². The standard InChI is InChI=1S/C22H23N3O3/c1-2-25(13-16-15-27-20-10-3-4-11-21(20)28-16)14-22(26)24-19-9-5-8-18-17(19)7-6-12-23-18/h3-12,16H,2,13-15H2,1H3,(H,24,26)/t16-/m0/s1. The molecule has 6 heteroatoms. The number of nitrogens with one attached hydrogen (secondary N) is 1. The zero-order chi connectivity index (χ0) is 19.3. The Morgan fingerprint density at radius 1 is 1.14 bits per heavy atom. The van der Waals surface area contributed by atoms with Gasteiger partial charge in [-0.25, -0.2) is 0 Å². The van der Waals surface area contributed by atoms with Gasteiger partial charge >= 0.3 is 0 Å². The molecule has 0 saturated carbocycles. The number of amides is 1. The van der Waals surface area contributed by atoms with Gasteiger partial charge in [0, 0.05) is 18.1 Å². The number of hydrogen-bond donors (Lipinski definition) is 1. The topological polar surface area (TPSA) is 63.7 Å².